The van der Waals surface area contributed by atoms with Crippen LogP contribution in [0.2, 0.25) is 0 Å². The van der Waals surface area contributed by atoms with Crippen LogP contribution in [0.1, 0.15) is 28.8 Å². The molecule has 6 heteroatoms. The third kappa shape index (κ3) is 5.39. The molecule has 162 valence electrons. The van der Waals surface area contributed by atoms with Gasteiger partial charge in [0.25, 0.3) is 5.91 Å². The molecule has 3 aromatic rings. The van der Waals surface area contributed by atoms with Gasteiger partial charge < -0.3 is 14.5 Å². The van der Waals surface area contributed by atoms with Crippen LogP contribution in [0.4, 0.5) is 0 Å². The van der Waals surface area contributed by atoms with E-state index in [0.717, 1.165) is 62.2 Å². The van der Waals surface area contributed by atoms with Gasteiger partial charge >= 0.3 is 0 Å². The lowest BCUT2D eigenvalue weighted by molar-refractivity contribution is 0.0740. The zero-order valence-corrected chi connectivity index (χ0v) is 18.3. The number of fused-ring (bicyclic) bond motifs is 1. The second kappa shape index (κ2) is 9.88. The van der Waals surface area contributed by atoms with Crippen molar-refractivity contribution in [2.24, 2.45) is 5.92 Å². The van der Waals surface area contributed by atoms with Gasteiger partial charge in [-0.3, -0.25) is 14.8 Å². The highest BCUT2D eigenvalue weighted by molar-refractivity contribution is 5.97. The van der Waals surface area contributed by atoms with Crippen molar-refractivity contribution in [1.29, 1.82) is 0 Å². The number of carbonyl (C=O) groups excluding carboxylic acids is 1. The Kier molecular flexibility index (Phi) is 6.77. The van der Waals surface area contributed by atoms with E-state index >= 15 is 0 Å². The van der Waals surface area contributed by atoms with Crippen LogP contribution >= 0.6 is 0 Å². The van der Waals surface area contributed by atoms with E-state index in [0.29, 0.717) is 11.5 Å². The minimum Gasteiger partial charge on any atom is -0.497 e. The topological polar surface area (TPSA) is 58.6 Å². The first-order valence-corrected chi connectivity index (χ1v) is 10.9. The molecule has 0 spiro atoms. The number of hydrogen-bond acceptors (Lipinski definition) is 5. The predicted octanol–water partition coefficient (Wildman–Crippen LogP) is 3.67. The smallest absolute Gasteiger partial charge is 0.253 e. The Balaban J connectivity index is 1.24. The molecule has 0 unspecified atom stereocenters. The first-order valence-electron chi connectivity index (χ1n) is 10.9. The Hall–Kier alpha value is -2.99. The summed E-state index contributed by atoms with van der Waals surface area (Å²) in [6.07, 6.45) is 6.63. The van der Waals surface area contributed by atoms with Crippen molar-refractivity contribution >= 4 is 16.9 Å². The number of benzene rings is 2. The Morgan fingerprint density at radius 2 is 1.77 bits per heavy atom. The quantitative estimate of drug-likeness (QED) is 0.586. The number of aromatic nitrogens is 2. The number of ether oxygens (including phenoxy) is 1. The number of rotatable bonds is 7. The number of carbonyl (C=O) groups is 1. The lowest BCUT2D eigenvalue weighted by Gasteiger charge is -2.34. The van der Waals surface area contributed by atoms with Crippen LogP contribution in [0.15, 0.2) is 54.9 Å². The molecular weight excluding hydrogens is 388 g/mol. The van der Waals surface area contributed by atoms with E-state index in [1.165, 1.54) is 5.56 Å². The summed E-state index contributed by atoms with van der Waals surface area (Å²) in [4.78, 5) is 25.9. The molecule has 0 aliphatic carbocycles. The van der Waals surface area contributed by atoms with Crippen molar-refractivity contribution in [1.82, 2.24) is 19.8 Å². The van der Waals surface area contributed by atoms with Gasteiger partial charge in [-0.25, -0.2) is 0 Å². The van der Waals surface area contributed by atoms with Crippen molar-refractivity contribution in [3.8, 4) is 5.75 Å². The van der Waals surface area contributed by atoms with Crippen molar-refractivity contribution in [2.75, 3.05) is 40.3 Å². The lowest BCUT2D eigenvalue weighted by Crippen LogP contribution is -2.40. The van der Waals surface area contributed by atoms with Gasteiger partial charge in [-0.2, -0.15) is 0 Å². The van der Waals surface area contributed by atoms with E-state index in [1.807, 2.05) is 42.3 Å². The molecule has 1 fully saturated rings. The van der Waals surface area contributed by atoms with Gasteiger partial charge in [0.05, 0.1) is 18.1 Å². The molecule has 4 rings (SSSR count). The number of piperidine rings is 1. The molecule has 0 radical (unpaired) electrons. The van der Waals surface area contributed by atoms with E-state index in [1.54, 1.807) is 19.5 Å². The average Bonchev–Trinajstić information content (AvgIpc) is 2.83. The minimum absolute atomic E-state index is 0.0505. The lowest BCUT2D eigenvalue weighted by atomic mass is 9.95. The Bertz CT molecular complexity index is 1010. The zero-order valence-electron chi connectivity index (χ0n) is 18.3. The number of nitrogens with zero attached hydrogens (tertiary/aromatic N) is 4. The second-order valence-corrected chi connectivity index (χ2v) is 8.33. The second-order valence-electron chi connectivity index (χ2n) is 8.33. The molecule has 0 bridgehead atoms. The fraction of sp³-hybridized carbons (Fsp3) is 0.400. The van der Waals surface area contributed by atoms with E-state index < -0.39 is 0 Å². The van der Waals surface area contributed by atoms with Crippen LogP contribution in [0.3, 0.4) is 0 Å². The van der Waals surface area contributed by atoms with Crippen LogP contribution in [-0.2, 0) is 6.42 Å². The molecule has 1 amide bonds. The molecule has 2 heterocycles. The van der Waals surface area contributed by atoms with Gasteiger partial charge in [-0.15, -0.1) is 0 Å². The van der Waals surface area contributed by atoms with Crippen molar-refractivity contribution < 1.29 is 9.53 Å². The first kappa shape index (κ1) is 21.2. The molecule has 0 N–H and O–H groups in total. The third-order valence-corrected chi connectivity index (χ3v) is 6.18. The molecule has 1 saturated heterocycles. The van der Waals surface area contributed by atoms with Gasteiger partial charge in [0, 0.05) is 38.1 Å². The normalized spacial score (nSPS) is 15.2. The average molecular weight is 419 g/mol. The maximum absolute atomic E-state index is 12.9. The summed E-state index contributed by atoms with van der Waals surface area (Å²) in [7, 11) is 3.60. The molecule has 0 atom stereocenters. The Labute approximate surface area is 183 Å². The number of methoxy groups -OCH3 is 1. The largest absolute Gasteiger partial charge is 0.497 e. The highest BCUT2D eigenvalue weighted by atomic mass is 16.5. The summed E-state index contributed by atoms with van der Waals surface area (Å²) in [5.74, 6) is 1.50. The zero-order chi connectivity index (χ0) is 21.6. The molecule has 1 aliphatic heterocycles. The fourth-order valence-corrected chi connectivity index (χ4v) is 4.26. The maximum atomic E-state index is 12.9. The third-order valence-electron chi connectivity index (χ3n) is 6.18. The summed E-state index contributed by atoms with van der Waals surface area (Å²) in [6, 6.07) is 13.9. The van der Waals surface area contributed by atoms with E-state index in [4.69, 9.17) is 4.74 Å². The fourth-order valence-electron chi connectivity index (χ4n) is 4.26. The molecule has 31 heavy (non-hydrogen) atoms. The van der Waals surface area contributed by atoms with Gasteiger partial charge in [0.15, 0.2) is 0 Å². The van der Waals surface area contributed by atoms with Gasteiger partial charge in [0.1, 0.15) is 5.75 Å². The van der Waals surface area contributed by atoms with Crippen LogP contribution in [0, 0.1) is 5.92 Å². The summed E-state index contributed by atoms with van der Waals surface area (Å²) >= 11 is 0. The molecule has 1 aromatic heterocycles. The summed E-state index contributed by atoms with van der Waals surface area (Å²) in [5.41, 5.74) is 3.58. The SMILES string of the molecule is COc1ccc(CCN2CCC(CN(C)C(=O)c3ccc4nccnc4c3)CC2)cc1. The van der Waals surface area contributed by atoms with E-state index in [-0.39, 0.29) is 5.91 Å². The first-order chi connectivity index (χ1) is 15.1. The van der Waals surface area contributed by atoms with Crippen LogP contribution in [0.5, 0.6) is 5.75 Å². The summed E-state index contributed by atoms with van der Waals surface area (Å²) in [5, 5.41) is 0. The number of amides is 1. The van der Waals surface area contributed by atoms with Crippen LogP contribution < -0.4 is 4.74 Å². The van der Waals surface area contributed by atoms with Crippen molar-refractivity contribution in [3.63, 3.8) is 0 Å². The highest BCUT2D eigenvalue weighted by Gasteiger charge is 2.22. The minimum atomic E-state index is 0.0505. The van der Waals surface area contributed by atoms with Gasteiger partial charge in [-0.05, 0) is 74.2 Å². The van der Waals surface area contributed by atoms with Crippen LogP contribution in [-0.4, -0.2) is 66.0 Å². The summed E-state index contributed by atoms with van der Waals surface area (Å²) in [6.45, 7) is 4.05. The van der Waals surface area contributed by atoms with Gasteiger partial charge in [0.2, 0.25) is 0 Å². The highest BCUT2D eigenvalue weighted by Crippen LogP contribution is 2.20. The molecule has 2 aromatic carbocycles. The van der Waals surface area contributed by atoms with Crippen molar-refractivity contribution in [3.05, 3.63) is 66.0 Å². The van der Waals surface area contributed by atoms with Crippen molar-refractivity contribution in [2.45, 2.75) is 19.3 Å². The Morgan fingerprint density at radius 3 is 2.48 bits per heavy atom. The van der Waals surface area contributed by atoms with E-state index in [2.05, 4.69) is 27.0 Å². The molecule has 6 nitrogen and oxygen atoms in total. The number of hydrogen-bond donors (Lipinski definition) is 0. The Morgan fingerprint density at radius 1 is 1.06 bits per heavy atom. The monoisotopic (exact) mass is 418 g/mol. The van der Waals surface area contributed by atoms with Gasteiger partial charge in [-0.1, -0.05) is 12.1 Å². The summed E-state index contributed by atoms with van der Waals surface area (Å²) < 4.78 is 5.23. The molecule has 0 saturated carbocycles. The molecule has 1 aliphatic rings. The number of likely N-dealkylation sites (tertiary alicyclic amines) is 1. The maximum Gasteiger partial charge on any atom is 0.253 e. The predicted molar refractivity (Wildman–Crippen MR) is 122 cm³/mol. The molecular formula is C25H30N4O2. The van der Waals surface area contributed by atoms with E-state index in [9.17, 15) is 4.79 Å². The van der Waals surface area contributed by atoms with Crippen LogP contribution in [0.25, 0.3) is 11.0 Å². The standard InChI is InChI=1S/C25H30N4O2/c1-28(25(30)21-5-8-23-24(17-21)27-13-12-26-23)18-20-10-15-29(16-11-20)14-9-19-3-6-22(31-2)7-4-19/h3-8,12-13,17,20H,9-11,14-16,18H2,1-2H3.